The van der Waals surface area contributed by atoms with E-state index in [1.54, 1.807) is 29.7 Å². The topological polar surface area (TPSA) is 25.8 Å². The van der Waals surface area contributed by atoms with Crippen molar-refractivity contribution >= 4 is 23.5 Å². The van der Waals surface area contributed by atoms with Crippen LogP contribution in [0.3, 0.4) is 0 Å². The van der Waals surface area contributed by atoms with Crippen LogP contribution in [0.4, 0.5) is 3.89 Å². The number of halogens is 1. The van der Waals surface area contributed by atoms with Gasteiger partial charge < -0.3 is 0 Å². The van der Waals surface area contributed by atoms with Crippen molar-refractivity contribution in [2.45, 2.75) is 11.9 Å². The fraction of sp³-hybridized carbons (Fsp3) is 0.0909. The number of hydrogen-bond acceptors (Lipinski definition) is 4. The molecule has 5 heteroatoms. The molecule has 2 heterocycles. The van der Waals surface area contributed by atoms with Crippen molar-refractivity contribution in [3.05, 3.63) is 40.0 Å². The van der Waals surface area contributed by atoms with Crippen LogP contribution in [0.15, 0.2) is 28.7 Å². The molecule has 0 bridgehead atoms. The fourth-order valence-electron chi connectivity index (χ4n) is 1.10. The van der Waals surface area contributed by atoms with Crippen LogP contribution in [0, 0.1) is 18.8 Å². The van der Waals surface area contributed by atoms with Crippen LogP contribution in [-0.2, 0) is 0 Å². The van der Waals surface area contributed by atoms with Gasteiger partial charge in [0.05, 0.1) is 10.6 Å². The molecular weight excluding hydrogens is 243 g/mol. The third-order valence-electron chi connectivity index (χ3n) is 1.79. The van der Waals surface area contributed by atoms with Crippen LogP contribution >= 0.6 is 23.5 Å². The molecule has 0 aliphatic heterocycles. The molecule has 0 aliphatic carbocycles. The molecule has 0 radical (unpaired) electrons. The van der Waals surface area contributed by atoms with Gasteiger partial charge in [0.1, 0.15) is 22.9 Å². The zero-order chi connectivity index (χ0) is 11.4. The van der Waals surface area contributed by atoms with Crippen LogP contribution in [0.5, 0.6) is 0 Å². The minimum atomic E-state index is 0.104. The maximum absolute atomic E-state index is 12.5. The standard InChI is InChI=1S/C11H7FN2S2/c1-8-14-10(7-15-8)5-4-9-3-2-6-13-11(9)16-12/h2-3,6-7H,1H3. The first-order chi connectivity index (χ1) is 7.79. The summed E-state index contributed by atoms with van der Waals surface area (Å²) in [5.74, 6) is 5.75. The maximum Gasteiger partial charge on any atom is 0.144 e. The molecule has 0 aromatic carbocycles. The summed E-state index contributed by atoms with van der Waals surface area (Å²) in [7, 11) is 0. The molecule has 2 aromatic heterocycles. The molecule has 2 rings (SSSR count). The fourth-order valence-corrected chi connectivity index (χ4v) is 1.95. The van der Waals surface area contributed by atoms with Crippen molar-refractivity contribution in [3.8, 4) is 11.8 Å². The van der Waals surface area contributed by atoms with Gasteiger partial charge in [0.25, 0.3) is 0 Å². The normalized spacial score (nSPS) is 9.62. The zero-order valence-electron chi connectivity index (χ0n) is 8.40. The lowest BCUT2D eigenvalue weighted by molar-refractivity contribution is 0.917. The van der Waals surface area contributed by atoms with Gasteiger partial charge in [-0.25, -0.2) is 9.97 Å². The van der Waals surface area contributed by atoms with Gasteiger partial charge in [0.2, 0.25) is 0 Å². The molecular formula is C11H7FN2S2. The average Bonchev–Trinajstić information content (AvgIpc) is 2.73. The predicted octanol–water partition coefficient (Wildman–Crippen LogP) is 3.22. The van der Waals surface area contributed by atoms with Gasteiger partial charge in [-0.15, -0.1) is 11.3 Å². The number of nitrogens with zero attached hydrogens (tertiary/aromatic N) is 2. The summed E-state index contributed by atoms with van der Waals surface area (Å²) >= 11 is 1.65. The molecule has 0 N–H and O–H groups in total. The Morgan fingerprint density at radius 2 is 2.31 bits per heavy atom. The monoisotopic (exact) mass is 250 g/mol. The lowest BCUT2D eigenvalue weighted by atomic mass is 10.3. The number of aromatic nitrogens is 2. The highest BCUT2D eigenvalue weighted by molar-refractivity contribution is 7.94. The largest absolute Gasteiger partial charge is 0.246 e. The second-order valence-corrected chi connectivity index (χ2v) is 4.54. The summed E-state index contributed by atoms with van der Waals surface area (Å²) in [6.45, 7) is 1.92. The maximum atomic E-state index is 12.5. The Labute approximate surface area is 101 Å². The lowest BCUT2D eigenvalue weighted by Gasteiger charge is -1.93. The van der Waals surface area contributed by atoms with Crippen molar-refractivity contribution < 1.29 is 3.89 Å². The van der Waals surface area contributed by atoms with E-state index in [1.165, 1.54) is 0 Å². The Kier molecular flexibility index (Phi) is 3.54. The van der Waals surface area contributed by atoms with Crippen molar-refractivity contribution in [3.63, 3.8) is 0 Å². The third-order valence-corrected chi connectivity index (χ3v) is 3.03. The van der Waals surface area contributed by atoms with Crippen molar-refractivity contribution in [2.75, 3.05) is 0 Å². The zero-order valence-corrected chi connectivity index (χ0v) is 10.0. The average molecular weight is 250 g/mol. The highest BCUT2D eigenvalue weighted by atomic mass is 32.2. The van der Waals surface area contributed by atoms with Crippen LogP contribution in [0.1, 0.15) is 16.3 Å². The summed E-state index contributed by atoms with van der Waals surface area (Å²) in [5.41, 5.74) is 1.29. The molecule has 0 atom stereocenters. The molecule has 0 amide bonds. The van der Waals surface area contributed by atoms with Gasteiger partial charge in [-0.2, -0.15) is 3.89 Å². The third kappa shape index (κ3) is 2.60. The first-order valence-corrected chi connectivity index (χ1v) is 6.07. The number of rotatable bonds is 1. The summed E-state index contributed by atoms with van der Waals surface area (Å²) in [4.78, 5) is 8.09. The molecule has 0 spiro atoms. The molecule has 2 aromatic rings. The van der Waals surface area contributed by atoms with Gasteiger partial charge in [-0.1, -0.05) is 5.92 Å². The Morgan fingerprint density at radius 1 is 1.44 bits per heavy atom. The van der Waals surface area contributed by atoms with Gasteiger partial charge in [0, 0.05) is 11.6 Å². The van der Waals surface area contributed by atoms with E-state index >= 15 is 0 Å². The smallest absolute Gasteiger partial charge is 0.144 e. The number of thiazole rings is 1. The highest BCUT2D eigenvalue weighted by Crippen LogP contribution is 2.19. The molecule has 0 saturated heterocycles. The van der Waals surface area contributed by atoms with E-state index in [0.717, 1.165) is 5.01 Å². The van der Waals surface area contributed by atoms with Gasteiger partial charge in [0.15, 0.2) is 0 Å². The lowest BCUT2D eigenvalue weighted by Crippen LogP contribution is -1.83. The summed E-state index contributed by atoms with van der Waals surface area (Å²) in [6.07, 6.45) is 1.54. The van der Waals surface area contributed by atoms with Crippen molar-refractivity contribution in [1.29, 1.82) is 0 Å². The Hall–Kier alpha value is -1.38. The van der Waals surface area contributed by atoms with E-state index in [-0.39, 0.29) is 12.1 Å². The van der Waals surface area contributed by atoms with E-state index in [9.17, 15) is 3.89 Å². The van der Waals surface area contributed by atoms with Gasteiger partial charge in [-0.3, -0.25) is 0 Å². The van der Waals surface area contributed by atoms with E-state index in [4.69, 9.17) is 0 Å². The quantitative estimate of drug-likeness (QED) is 0.727. The Bertz CT molecular complexity index is 554. The number of pyridine rings is 1. The van der Waals surface area contributed by atoms with Crippen LogP contribution in [0.25, 0.3) is 0 Å². The predicted molar refractivity (Wildman–Crippen MR) is 64.0 cm³/mol. The van der Waals surface area contributed by atoms with Gasteiger partial charge >= 0.3 is 0 Å². The minimum Gasteiger partial charge on any atom is -0.246 e. The van der Waals surface area contributed by atoms with E-state index < -0.39 is 0 Å². The molecule has 0 aliphatic rings. The molecule has 0 saturated carbocycles. The molecule has 0 unspecified atom stereocenters. The van der Waals surface area contributed by atoms with Crippen LogP contribution in [-0.4, -0.2) is 9.97 Å². The SMILES string of the molecule is Cc1nc(C#Cc2cccnc2SF)cs1. The minimum absolute atomic E-state index is 0.104. The van der Waals surface area contributed by atoms with E-state index in [0.29, 0.717) is 16.3 Å². The molecule has 2 nitrogen and oxygen atoms in total. The number of aryl methyl sites for hydroxylation is 1. The first kappa shape index (κ1) is 11.1. The van der Waals surface area contributed by atoms with Gasteiger partial charge in [-0.05, 0) is 25.0 Å². The Morgan fingerprint density at radius 3 is 3.00 bits per heavy atom. The van der Waals surface area contributed by atoms with Crippen LogP contribution in [0.2, 0.25) is 0 Å². The second kappa shape index (κ2) is 5.10. The van der Waals surface area contributed by atoms with Crippen LogP contribution < -0.4 is 0 Å². The van der Waals surface area contributed by atoms with Crippen molar-refractivity contribution in [2.24, 2.45) is 0 Å². The second-order valence-electron chi connectivity index (χ2n) is 2.94. The molecule has 80 valence electrons. The summed E-state index contributed by atoms with van der Waals surface area (Å²) in [5, 5.41) is 3.14. The first-order valence-electron chi connectivity index (χ1n) is 4.47. The highest BCUT2D eigenvalue weighted by Gasteiger charge is 2.00. The Balaban J connectivity index is 2.30. The molecule has 16 heavy (non-hydrogen) atoms. The van der Waals surface area contributed by atoms with Crippen molar-refractivity contribution in [1.82, 2.24) is 9.97 Å². The van der Waals surface area contributed by atoms with E-state index in [1.807, 2.05) is 12.3 Å². The number of hydrogen-bond donors (Lipinski definition) is 0. The summed E-state index contributed by atoms with van der Waals surface area (Å²) < 4.78 is 12.5. The summed E-state index contributed by atoms with van der Waals surface area (Å²) in [6, 6.07) is 3.47. The van der Waals surface area contributed by atoms with E-state index in [2.05, 4.69) is 21.8 Å². The molecule has 0 fully saturated rings.